The van der Waals surface area contributed by atoms with Crippen LogP contribution in [0, 0.1) is 17.7 Å². The van der Waals surface area contributed by atoms with Crippen molar-refractivity contribution in [2.24, 2.45) is 0 Å². The van der Waals surface area contributed by atoms with Gasteiger partial charge in [0.1, 0.15) is 11.4 Å². The Morgan fingerprint density at radius 2 is 1.76 bits per heavy atom. The average Bonchev–Trinajstić information content (AvgIpc) is 2.48. The summed E-state index contributed by atoms with van der Waals surface area (Å²) in [5.41, 5.74) is 0.613. The zero-order valence-corrected chi connectivity index (χ0v) is 11.8. The Morgan fingerprint density at radius 3 is 2.38 bits per heavy atom. The van der Waals surface area contributed by atoms with Gasteiger partial charge in [0.25, 0.3) is 0 Å². The van der Waals surface area contributed by atoms with Crippen LogP contribution in [0.3, 0.4) is 0 Å². The van der Waals surface area contributed by atoms with Crippen molar-refractivity contribution in [1.82, 2.24) is 0 Å². The number of benzene rings is 2. The van der Waals surface area contributed by atoms with E-state index in [1.54, 1.807) is 49.4 Å². The van der Waals surface area contributed by atoms with Gasteiger partial charge in [-0.25, -0.2) is 4.39 Å². The summed E-state index contributed by atoms with van der Waals surface area (Å²) in [6.45, 7) is 1.56. The molecule has 0 spiro atoms. The molecule has 0 amide bonds. The number of hydrogen-bond donors (Lipinski definition) is 2. The standard InChI is InChI=1S/C18H17FO2/c1-18(21,12-4-5-13-20)15-10-8-14(9-11-15)16-6-2-3-7-17(16)19/h2-3,6-11,20-21H,5,13H2,1H3. The molecule has 0 radical (unpaired) electrons. The van der Waals surface area contributed by atoms with Gasteiger partial charge in [-0.1, -0.05) is 54.3 Å². The van der Waals surface area contributed by atoms with Gasteiger partial charge in [0.05, 0.1) is 6.61 Å². The number of aliphatic hydroxyl groups is 2. The van der Waals surface area contributed by atoms with E-state index in [2.05, 4.69) is 11.8 Å². The molecule has 0 aliphatic carbocycles. The second-order valence-electron chi connectivity index (χ2n) is 4.90. The Balaban J connectivity index is 2.28. The van der Waals surface area contributed by atoms with Crippen LogP contribution < -0.4 is 0 Å². The fourth-order valence-electron chi connectivity index (χ4n) is 2.03. The fourth-order valence-corrected chi connectivity index (χ4v) is 2.03. The number of aliphatic hydroxyl groups excluding tert-OH is 1. The summed E-state index contributed by atoms with van der Waals surface area (Å²) in [6.07, 6.45) is 0.323. The van der Waals surface area contributed by atoms with Crippen molar-refractivity contribution in [2.75, 3.05) is 6.61 Å². The lowest BCUT2D eigenvalue weighted by Crippen LogP contribution is -2.18. The molecule has 108 valence electrons. The minimum Gasteiger partial charge on any atom is -0.395 e. The van der Waals surface area contributed by atoms with Crippen LogP contribution in [-0.4, -0.2) is 16.8 Å². The molecule has 0 saturated heterocycles. The van der Waals surface area contributed by atoms with E-state index in [-0.39, 0.29) is 12.4 Å². The predicted molar refractivity (Wildman–Crippen MR) is 80.9 cm³/mol. The van der Waals surface area contributed by atoms with Gasteiger partial charge in [0, 0.05) is 12.0 Å². The van der Waals surface area contributed by atoms with E-state index in [4.69, 9.17) is 5.11 Å². The van der Waals surface area contributed by atoms with Crippen LogP contribution in [0.4, 0.5) is 4.39 Å². The molecule has 1 atom stereocenters. The minimum atomic E-state index is -1.29. The first kappa shape index (κ1) is 15.2. The predicted octanol–water partition coefficient (Wildman–Crippen LogP) is 3.09. The lowest BCUT2D eigenvalue weighted by atomic mass is 9.94. The van der Waals surface area contributed by atoms with Gasteiger partial charge in [-0.2, -0.15) is 0 Å². The van der Waals surface area contributed by atoms with E-state index < -0.39 is 5.60 Å². The molecule has 2 rings (SSSR count). The normalized spacial score (nSPS) is 13.1. The topological polar surface area (TPSA) is 40.5 Å². The van der Waals surface area contributed by atoms with Crippen LogP contribution in [-0.2, 0) is 5.60 Å². The van der Waals surface area contributed by atoms with Crippen molar-refractivity contribution < 1.29 is 14.6 Å². The van der Waals surface area contributed by atoms with Gasteiger partial charge >= 0.3 is 0 Å². The van der Waals surface area contributed by atoms with Crippen LogP contribution in [0.1, 0.15) is 18.9 Å². The maximum absolute atomic E-state index is 13.7. The Bertz CT molecular complexity index is 664. The van der Waals surface area contributed by atoms with Crippen molar-refractivity contribution in [3.63, 3.8) is 0 Å². The molecule has 0 aliphatic heterocycles. The van der Waals surface area contributed by atoms with Gasteiger partial charge in [-0.05, 0) is 24.1 Å². The molecule has 2 aromatic carbocycles. The van der Waals surface area contributed by atoms with Crippen LogP contribution in [0.5, 0.6) is 0 Å². The molecule has 0 saturated carbocycles. The third kappa shape index (κ3) is 3.69. The molecule has 0 aromatic heterocycles. The minimum absolute atomic E-state index is 0.0324. The summed E-state index contributed by atoms with van der Waals surface area (Å²) in [7, 11) is 0. The van der Waals surface area contributed by atoms with Gasteiger partial charge in [-0.15, -0.1) is 0 Å². The van der Waals surface area contributed by atoms with Crippen molar-refractivity contribution in [1.29, 1.82) is 0 Å². The van der Waals surface area contributed by atoms with Crippen LogP contribution in [0.2, 0.25) is 0 Å². The summed E-state index contributed by atoms with van der Waals surface area (Å²) >= 11 is 0. The van der Waals surface area contributed by atoms with Crippen molar-refractivity contribution in [3.8, 4) is 23.0 Å². The molecule has 1 unspecified atom stereocenters. The molecular weight excluding hydrogens is 267 g/mol. The highest BCUT2D eigenvalue weighted by Gasteiger charge is 2.19. The Kier molecular flexibility index (Phi) is 4.74. The highest BCUT2D eigenvalue weighted by Crippen LogP contribution is 2.26. The average molecular weight is 284 g/mol. The molecule has 0 bridgehead atoms. The molecule has 0 heterocycles. The van der Waals surface area contributed by atoms with E-state index in [1.807, 2.05) is 0 Å². The van der Waals surface area contributed by atoms with Gasteiger partial charge in [-0.3, -0.25) is 0 Å². The fraction of sp³-hybridized carbons (Fsp3) is 0.222. The molecule has 2 N–H and O–H groups in total. The highest BCUT2D eigenvalue weighted by atomic mass is 19.1. The monoisotopic (exact) mass is 284 g/mol. The van der Waals surface area contributed by atoms with Gasteiger partial charge in [0.2, 0.25) is 0 Å². The molecular formula is C18H17FO2. The first-order valence-electron chi connectivity index (χ1n) is 6.73. The Hall–Kier alpha value is -2.15. The summed E-state index contributed by atoms with van der Waals surface area (Å²) < 4.78 is 13.7. The molecule has 3 heteroatoms. The second-order valence-corrected chi connectivity index (χ2v) is 4.90. The summed E-state index contributed by atoms with van der Waals surface area (Å²) in [4.78, 5) is 0. The third-order valence-electron chi connectivity index (χ3n) is 3.20. The zero-order valence-electron chi connectivity index (χ0n) is 11.8. The van der Waals surface area contributed by atoms with E-state index in [1.165, 1.54) is 6.07 Å². The summed E-state index contributed by atoms with van der Waals surface area (Å²) in [5, 5.41) is 19.0. The highest BCUT2D eigenvalue weighted by molar-refractivity contribution is 5.64. The Morgan fingerprint density at radius 1 is 1.10 bits per heavy atom. The van der Waals surface area contributed by atoms with Crippen molar-refractivity contribution in [2.45, 2.75) is 18.9 Å². The lowest BCUT2D eigenvalue weighted by Gasteiger charge is -2.17. The maximum Gasteiger partial charge on any atom is 0.148 e. The third-order valence-corrected chi connectivity index (χ3v) is 3.20. The number of halogens is 1. The zero-order chi connectivity index (χ0) is 15.3. The molecule has 0 aliphatic rings. The quantitative estimate of drug-likeness (QED) is 0.850. The second kappa shape index (κ2) is 6.53. The van der Waals surface area contributed by atoms with E-state index in [0.29, 0.717) is 17.5 Å². The van der Waals surface area contributed by atoms with E-state index >= 15 is 0 Å². The maximum atomic E-state index is 13.7. The largest absolute Gasteiger partial charge is 0.395 e. The van der Waals surface area contributed by atoms with Crippen LogP contribution in [0.15, 0.2) is 48.5 Å². The van der Waals surface area contributed by atoms with Gasteiger partial charge < -0.3 is 10.2 Å². The Labute approximate surface area is 123 Å². The van der Waals surface area contributed by atoms with Crippen LogP contribution >= 0.6 is 0 Å². The molecule has 21 heavy (non-hydrogen) atoms. The first-order chi connectivity index (χ1) is 10.0. The molecule has 0 fully saturated rings. The number of hydrogen-bond acceptors (Lipinski definition) is 2. The smallest absolute Gasteiger partial charge is 0.148 e. The number of rotatable bonds is 3. The van der Waals surface area contributed by atoms with Crippen LogP contribution in [0.25, 0.3) is 11.1 Å². The lowest BCUT2D eigenvalue weighted by molar-refractivity contribution is 0.122. The van der Waals surface area contributed by atoms with Crippen molar-refractivity contribution in [3.05, 3.63) is 59.9 Å². The van der Waals surface area contributed by atoms with E-state index in [0.717, 1.165) is 5.56 Å². The molecule has 2 nitrogen and oxygen atoms in total. The van der Waals surface area contributed by atoms with E-state index in [9.17, 15) is 9.50 Å². The summed E-state index contributed by atoms with van der Waals surface area (Å²) in [5.74, 6) is 5.16. The molecule has 2 aromatic rings. The SMILES string of the molecule is CC(O)(C#CCCO)c1ccc(-c2ccccc2F)cc1. The van der Waals surface area contributed by atoms with Crippen molar-refractivity contribution >= 4 is 0 Å². The summed E-state index contributed by atoms with van der Waals surface area (Å²) in [6, 6.07) is 13.5. The first-order valence-corrected chi connectivity index (χ1v) is 6.73. The van der Waals surface area contributed by atoms with Gasteiger partial charge in [0.15, 0.2) is 0 Å².